The van der Waals surface area contributed by atoms with Crippen LogP contribution in [-0.2, 0) is 16.0 Å². The van der Waals surface area contributed by atoms with Crippen LogP contribution in [0, 0.1) is 5.92 Å². The van der Waals surface area contributed by atoms with E-state index in [0.717, 1.165) is 38.9 Å². The van der Waals surface area contributed by atoms with Crippen molar-refractivity contribution in [1.29, 1.82) is 0 Å². The fourth-order valence-electron chi connectivity index (χ4n) is 2.43. The maximum absolute atomic E-state index is 11.6. The summed E-state index contributed by atoms with van der Waals surface area (Å²) in [4.78, 5) is 11.6. The molecule has 1 unspecified atom stereocenters. The van der Waals surface area contributed by atoms with Crippen LogP contribution in [0.5, 0.6) is 0 Å². The van der Waals surface area contributed by atoms with Crippen LogP contribution in [0.3, 0.4) is 0 Å². The van der Waals surface area contributed by atoms with Gasteiger partial charge < -0.3 is 10.1 Å². The van der Waals surface area contributed by atoms with E-state index in [0.29, 0.717) is 12.5 Å². The molecule has 0 aromatic heterocycles. The number of ether oxygens (including phenoxy) is 1. The summed E-state index contributed by atoms with van der Waals surface area (Å²) >= 11 is 0. The Hall–Kier alpha value is -1.87. The van der Waals surface area contributed by atoms with E-state index in [1.54, 1.807) is 6.08 Å². The Bertz CT molecular complexity index is 487. The highest BCUT2D eigenvalue weighted by Crippen LogP contribution is 2.10. The van der Waals surface area contributed by atoms with E-state index in [-0.39, 0.29) is 5.91 Å². The highest BCUT2D eigenvalue weighted by molar-refractivity contribution is 5.87. The third-order valence-corrected chi connectivity index (χ3v) is 3.76. The van der Waals surface area contributed by atoms with Crippen molar-refractivity contribution >= 4 is 5.91 Å². The van der Waals surface area contributed by atoms with Crippen LogP contribution in [0.25, 0.3) is 0 Å². The second-order valence-electron chi connectivity index (χ2n) is 5.64. The molecule has 1 aromatic carbocycles. The smallest absolute Gasteiger partial charge is 0.243 e. The number of unbranched alkanes of at least 4 members (excludes halogenated alkanes) is 1. The van der Waals surface area contributed by atoms with Crippen LogP contribution in [0.2, 0.25) is 0 Å². The summed E-state index contributed by atoms with van der Waals surface area (Å²) in [6.07, 6.45) is 11.7. The zero-order chi connectivity index (χ0) is 15.5. The molecular formula is C19H25NO2. The molecule has 1 heterocycles. The summed E-state index contributed by atoms with van der Waals surface area (Å²) in [5.41, 5.74) is 1.38. The Kier molecular flexibility index (Phi) is 7.47. The van der Waals surface area contributed by atoms with Gasteiger partial charge in [-0.15, -0.1) is 0 Å². The fourth-order valence-corrected chi connectivity index (χ4v) is 2.43. The predicted octanol–water partition coefficient (Wildman–Crippen LogP) is 3.27. The molecule has 118 valence electrons. The lowest BCUT2D eigenvalue weighted by Gasteiger charge is -2.06. The van der Waals surface area contributed by atoms with E-state index in [1.165, 1.54) is 5.56 Å². The molecule has 3 nitrogen and oxygen atoms in total. The maximum atomic E-state index is 11.6. The average molecular weight is 299 g/mol. The summed E-state index contributed by atoms with van der Waals surface area (Å²) in [5.74, 6) is 0.451. The quantitative estimate of drug-likeness (QED) is 0.454. The molecule has 0 bridgehead atoms. The molecule has 1 aliphatic heterocycles. The van der Waals surface area contributed by atoms with Crippen molar-refractivity contribution in [2.75, 3.05) is 19.8 Å². The van der Waals surface area contributed by atoms with Gasteiger partial charge in [0.05, 0.1) is 6.61 Å². The monoisotopic (exact) mass is 299 g/mol. The second-order valence-corrected chi connectivity index (χ2v) is 5.64. The minimum Gasteiger partial charge on any atom is -0.381 e. The SMILES string of the molecule is O=C(C=CC=CCCCc1ccccc1)NCC1CCOC1. The molecule has 3 heteroatoms. The highest BCUT2D eigenvalue weighted by atomic mass is 16.5. The summed E-state index contributed by atoms with van der Waals surface area (Å²) in [6, 6.07) is 10.5. The van der Waals surface area contributed by atoms with Crippen molar-refractivity contribution in [1.82, 2.24) is 5.32 Å². The third kappa shape index (κ3) is 6.72. The number of allylic oxidation sites excluding steroid dienone is 3. The van der Waals surface area contributed by atoms with Gasteiger partial charge in [0.15, 0.2) is 0 Å². The van der Waals surface area contributed by atoms with Gasteiger partial charge in [0.25, 0.3) is 0 Å². The first kappa shape index (κ1) is 16.5. The lowest BCUT2D eigenvalue weighted by Crippen LogP contribution is -2.27. The largest absolute Gasteiger partial charge is 0.381 e. The molecule has 22 heavy (non-hydrogen) atoms. The predicted molar refractivity (Wildman–Crippen MR) is 89.6 cm³/mol. The van der Waals surface area contributed by atoms with E-state index < -0.39 is 0 Å². The Labute approximate surface area is 133 Å². The summed E-state index contributed by atoms with van der Waals surface area (Å²) in [6.45, 7) is 2.30. The minimum absolute atomic E-state index is 0.0270. The number of hydrogen-bond donors (Lipinski definition) is 1. The number of aryl methyl sites for hydroxylation is 1. The molecule has 1 fully saturated rings. The first-order chi connectivity index (χ1) is 10.8. The molecular weight excluding hydrogens is 274 g/mol. The molecule has 1 aromatic rings. The van der Waals surface area contributed by atoms with Gasteiger partial charge in [0, 0.05) is 25.1 Å². The highest BCUT2D eigenvalue weighted by Gasteiger charge is 2.15. The van der Waals surface area contributed by atoms with E-state index in [9.17, 15) is 4.79 Å². The third-order valence-electron chi connectivity index (χ3n) is 3.76. The fraction of sp³-hybridized carbons (Fsp3) is 0.421. The average Bonchev–Trinajstić information content (AvgIpc) is 3.06. The molecule has 1 saturated heterocycles. The number of rotatable bonds is 8. The van der Waals surface area contributed by atoms with Gasteiger partial charge in [-0.3, -0.25) is 4.79 Å². The minimum atomic E-state index is -0.0270. The Morgan fingerprint density at radius 2 is 2.14 bits per heavy atom. The van der Waals surface area contributed by atoms with Crippen molar-refractivity contribution in [2.45, 2.75) is 25.7 Å². The van der Waals surface area contributed by atoms with Crippen LogP contribution in [0.4, 0.5) is 0 Å². The van der Waals surface area contributed by atoms with Gasteiger partial charge in [0.1, 0.15) is 0 Å². The summed E-state index contributed by atoms with van der Waals surface area (Å²) in [5, 5.41) is 2.91. The van der Waals surface area contributed by atoms with Crippen molar-refractivity contribution in [3.05, 3.63) is 60.2 Å². The number of benzene rings is 1. The second kappa shape index (κ2) is 9.96. The summed E-state index contributed by atoms with van der Waals surface area (Å²) in [7, 11) is 0. The Morgan fingerprint density at radius 3 is 2.91 bits per heavy atom. The van der Waals surface area contributed by atoms with Crippen molar-refractivity contribution in [3.63, 3.8) is 0 Å². The van der Waals surface area contributed by atoms with E-state index in [2.05, 4.69) is 35.7 Å². The first-order valence-corrected chi connectivity index (χ1v) is 8.07. The normalized spacial score (nSPS) is 18.3. The molecule has 0 radical (unpaired) electrons. The van der Waals surface area contributed by atoms with Crippen LogP contribution in [0.1, 0.15) is 24.8 Å². The lowest BCUT2D eigenvalue weighted by molar-refractivity contribution is -0.116. The molecule has 2 rings (SSSR count). The molecule has 0 spiro atoms. The summed E-state index contributed by atoms with van der Waals surface area (Å²) < 4.78 is 5.28. The van der Waals surface area contributed by atoms with Gasteiger partial charge in [-0.25, -0.2) is 0 Å². The van der Waals surface area contributed by atoms with Crippen molar-refractivity contribution in [2.24, 2.45) is 5.92 Å². The molecule has 1 amide bonds. The topological polar surface area (TPSA) is 38.3 Å². The number of carbonyl (C=O) groups is 1. The number of carbonyl (C=O) groups excluding carboxylic acids is 1. The van der Waals surface area contributed by atoms with E-state index >= 15 is 0 Å². The van der Waals surface area contributed by atoms with Crippen LogP contribution in [0.15, 0.2) is 54.6 Å². The lowest BCUT2D eigenvalue weighted by atomic mass is 10.1. The van der Waals surface area contributed by atoms with Crippen molar-refractivity contribution in [3.8, 4) is 0 Å². The van der Waals surface area contributed by atoms with Gasteiger partial charge in [-0.05, 0) is 31.2 Å². The molecule has 0 aliphatic carbocycles. The number of hydrogen-bond acceptors (Lipinski definition) is 2. The van der Waals surface area contributed by atoms with E-state index in [1.807, 2.05) is 18.2 Å². The Balaban J connectivity index is 1.53. The first-order valence-electron chi connectivity index (χ1n) is 8.07. The van der Waals surface area contributed by atoms with Crippen molar-refractivity contribution < 1.29 is 9.53 Å². The van der Waals surface area contributed by atoms with E-state index in [4.69, 9.17) is 4.74 Å². The van der Waals surface area contributed by atoms with Gasteiger partial charge in [-0.1, -0.05) is 48.6 Å². The zero-order valence-electron chi connectivity index (χ0n) is 13.0. The van der Waals surface area contributed by atoms with Crippen LogP contribution in [-0.4, -0.2) is 25.7 Å². The molecule has 1 N–H and O–H groups in total. The standard InChI is InChI=1S/C19H25NO2/c21-19(20-15-18-13-14-22-16-18)12-8-3-1-2-5-9-17-10-6-4-7-11-17/h1,3-4,6-8,10-12,18H,2,5,9,13-16H2,(H,20,21). The zero-order valence-corrected chi connectivity index (χ0v) is 13.0. The number of nitrogens with one attached hydrogen (secondary N) is 1. The van der Waals surface area contributed by atoms with Gasteiger partial charge >= 0.3 is 0 Å². The van der Waals surface area contributed by atoms with Crippen LogP contribution >= 0.6 is 0 Å². The number of amides is 1. The molecule has 1 aliphatic rings. The molecule has 1 atom stereocenters. The van der Waals surface area contributed by atoms with Gasteiger partial charge in [0.2, 0.25) is 5.91 Å². The van der Waals surface area contributed by atoms with Crippen LogP contribution < -0.4 is 5.32 Å². The molecule has 0 saturated carbocycles. The maximum Gasteiger partial charge on any atom is 0.243 e. The van der Waals surface area contributed by atoms with Gasteiger partial charge in [-0.2, -0.15) is 0 Å². The Morgan fingerprint density at radius 1 is 1.27 bits per heavy atom.